The number of hydrogen-bond acceptors (Lipinski definition) is 7. The Morgan fingerprint density at radius 1 is 1.24 bits per heavy atom. The fourth-order valence-electron chi connectivity index (χ4n) is 3.16. The summed E-state index contributed by atoms with van der Waals surface area (Å²) in [6.45, 7) is 0. The monoisotopic (exact) mass is 484 g/mol. The van der Waals surface area contributed by atoms with Crippen molar-refractivity contribution in [2.45, 2.75) is 5.16 Å². The second-order valence-corrected chi connectivity index (χ2v) is 8.61. The van der Waals surface area contributed by atoms with Gasteiger partial charge in [-0.1, -0.05) is 23.4 Å². The lowest BCUT2D eigenvalue weighted by Gasteiger charge is -2.14. The summed E-state index contributed by atoms with van der Waals surface area (Å²) in [6.07, 6.45) is 1.42. The van der Waals surface area contributed by atoms with Crippen LogP contribution in [0, 0.1) is 0 Å². The van der Waals surface area contributed by atoms with Crippen molar-refractivity contribution < 1.29 is 9.53 Å². The third-order valence-electron chi connectivity index (χ3n) is 4.84. The quantitative estimate of drug-likeness (QED) is 0.305. The van der Waals surface area contributed by atoms with E-state index >= 15 is 0 Å². The van der Waals surface area contributed by atoms with Gasteiger partial charge in [-0.15, -0.1) is 0 Å². The van der Waals surface area contributed by atoms with Gasteiger partial charge in [0.15, 0.2) is 10.8 Å². The van der Waals surface area contributed by atoms with Crippen LogP contribution < -0.4 is 20.5 Å². The molecule has 0 aliphatic carbocycles. The molecule has 0 saturated heterocycles. The number of rotatable bonds is 7. The van der Waals surface area contributed by atoms with Crippen LogP contribution in [0.2, 0.25) is 5.02 Å². The molecule has 2 N–H and O–H groups in total. The molecule has 0 aliphatic rings. The third-order valence-corrected chi connectivity index (χ3v) is 6.08. The van der Waals surface area contributed by atoms with Crippen molar-refractivity contribution in [3.05, 3.63) is 64.0 Å². The van der Waals surface area contributed by atoms with E-state index in [0.29, 0.717) is 38.3 Å². The molecule has 0 atom stereocenters. The maximum Gasteiger partial charge on any atom is 0.269 e. The van der Waals surface area contributed by atoms with E-state index in [1.807, 2.05) is 43.3 Å². The zero-order chi connectivity index (χ0) is 23.5. The number of carbonyl (C=O) groups is 1. The minimum atomic E-state index is -0.322. The van der Waals surface area contributed by atoms with E-state index in [2.05, 4.69) is 20.5 Å². The number of aromatic nitrogens is 4. The number of thioether (sulfide) groups is 1. The van der Waals surface area contributed by atoms with Gasteiger partial charge >= 0.3 is 0 Å². The van der Waals surface area contributed by atoms with Crippen molar-refractivity contribution in [2.75, 3.05) is 37.2 Å². The molecule has 1 amide bonds. The lowest BCUT2D eigenvalue weighted by Crippen LogP contribution is -2.22. The van der Waals surface area contributed by atoms with Gasteiger partial charge in [0.1, 0.15) is 11.1 Å². The van der Waals surface area contributed by atoms with Gasteiger partial charge in [0, 0.05) is 25.5 Å². The fourth-order valence-corrected chi connectivity index (χ4v) is 4.22. The average molecular weight is 485 g/mol. The molecule has 4 aromatic rings. The number of amides is 1. The predicted molar refractivity (Wildman–Crippen MR) is 131 cm³/mol. The van der Waals surface area contributed by atoms with E-state index in [-0.39, 0.29) is 17.2 Å². The highest BCUT2D eigenvalue weighted by Crippen LogP contribution is 2.28. The Hall–Kier alpha value is -3.50. The molecule has 2 aromatic heterocycles. The number of fused-ring (bicyclic) bond motifs is 1. The summed E-state index contributed by atoms with van der Waals surface area (Å²) in [7, 11) is 5.41. The minimum absolute atomic E-state index is 0.0470. The van der Waals surface area contributed by atoms with Crippen molar-refractivity contribution in [3.8, 4) is 11.4 Å². The molecule has 0 saturated carbocycles. The number of anilines is 2. The van der Waals surface area contributed by atoms with Gasteiger partial charge < -0.3 is 15.0 Å². The molecule has 0 spiro atoms. The number of H-pyrrole nitrogens is 1. The molecule has 9 nitrogen and oxygen atoms in total. The van der Waals surface area contributed by atoms with Crippen LogP contribution in [0.1, 0.15) is 0 Å². The van der Waals surface area contributed by atoms with E-state index in [0.717, 1.165) is 17.4 Å². The topological polar surface area (TPSA) is 105 Å². The summed E-state index contributed by atoms with van der Waals surface area (Å²) in [5, 5.41) is 10.5. The maximum atomic E-state index is 13.2. The molecule has 2 aromatic carbocycles. The van der Waals surface area contributed by atoms with Crippen LogP contribution >= 0.6 is 23.4 Å². The number of hydrogen-bond donors (Lipinski definition) is 2. The van der Waals surface area contributed by atoms with Gasteiger partial charge in [0.05, 0.1) is 29.8 Å². The first-order chi connectivity index (χ1) is 15.9. The van der Waals surface area contributed by atoms with Crippen LogP contribution in [-0.2, 0) is 4.79 Å². The normalized spacial score (nSPS) is 10.9. The molecule has 0 fully saturated rings. The molecule has 170 valence electrons. The van der Waals surface area contributed by atoms with Gasteiger partial charge in [-0.3, -0.25) is 19.3 Å². The van der Waals surface area contributed by atoms with Crippen molar-refractivity contribution in [3.63, 3.8) is 0 Å². The summed E-state index contributed by atoms with van der Waals surface area (Å²) in [4.78, 5) is 32.2. The smallest absolute Gasteiger partial charge is 0.269 e. The molecule has 0 bridgehead atoms. The number of carbonyl (C=O) groups excluding carboxylic acids is 1. The largest absolute Gasteiger partial charge is 0.495 e. The molecule has 4 rings (SSSR count). The van der Waals surface area contributed by atoms with Crippen LogP contribution in [0.15, 0.2) is 58.6 Å². The Balaban J connectivity index is 1.60. The van der Waals surface area contributed by atoms with Crippen molar-refractivity contribution in [2.24, 2.45) is 0 Å². The van der Waals surface area contributed by atoms with E-state index in [9.17, 15) is 9.59 Å². The second kappa shape index (κ2) is 9.55. The maximum absolute atomic E-state index is 13.2. The zero-order valence-corrected chi connectivity index (χ0v) is 19.7. The Morgan fingerprint density at radius 2 is 2.00 bits per heavy atom. The van der Waals surface area contributed by atoms with Crippen LogP contribution in [0.25, 0.3) is 16.7 Å². The Bertz CT molecular complexity index is 1370. The lowest BCUT2D eigenvalue weighted by atomic mass is 10.2. The van der Waals surface area contributed by atoms with Crippen molar-refractivity contribution >= 4 is 51.7 Å². The SMILES string of the molecule is COc1ccc(-n2c(SCC(=O)Nc3ccc(N(C)C)cc3)nc3[nH]ncc3c2=O)cc1Cl. The summed E-state index contributed by atoms with van der Waals surface area (Å²) < 4.78 is 6.61. The van der Waals surface area contributed by atoms with Crippen LogP contribution in [0.4, 0.5) is 11.4 Å². The van der Waals surface area contributed by atoms with Gasteiger partial charge in [0.25, 0.3) is 5.56 Å². The molecule has 0 unspecified atom stereocenters. The number of nitrogens with one attached hydrogen (secondary N) is 2. The summed E-state index contributed by atoms with van der Waals surface area (Å²) in [5.41, 5.74) is 2.24. The van der Waals surface area contributed by atoms with Gasteiger partial charge in [-0.25, -0.2) is 4.98 Å². The Morgan fingerprint density at radius 3 is 2.67 bits per heavy atom. The highest BCUT2D eigenvalue weighted by Gasteiger charge is 2.17. The number of aromatic amines is 1. The first-order valence-electron chi connectivity index (χ1n) is 9.87. The van der Waals surface area contributed by atoms with E-state index in [4.69, 9.17) is 16.3 Å². The molecular weight excluding hydrogens is 464 g/mol. The highest BCUT2D eigenvalue weighted by atomic mass is 35.5. The molecule has 0 radical (unpaired) electrons. The average Bonchev–Trinajstić information content (AvgIpc) is 3.27. The zero-order valence-electron chi connectivity index (χ0n) is 18.1. The highest BCUT2D eigenvalue weighted by molar-refractivity contribution is 7.99. The summed E-state index contributed by atoms with van der Waals surface area (Å²) >= 11 is 7.41. The van der Waals surface area contributed by atoms with Crippen molar-refractivity contribution in [1.82, 2.24) is 19.7 Å². The lowest BCUT2D eigenvalue weighted by molar-refractivity contribution is -0.113. The van der Waals surface area contributed by atoms with E-state index in [1.54, 1.807) is 18.2 Å². The molecule has 2 heterocycles. The summed E-state index contributed by atoms with van der Waals surface area (Å²) in [6, 6.07) is 12.5. The minimum Gasteiger partial charge on any atom is -0.495 e. The Kier molecular flexibility index (Phi) is 6.57. The first kappa shape index (κ1) is 22.7. The second-order valence-electron chi connectivity index (χ2n) is 7.26. The number of methoxy groups -OCH3 is 1. The molecule has 0 aliphatic heterocycles. The molecule has 33 heavy (non-hydrogen) atoms. The third kappa shape index (κ3) is 4.81. The van der Waals surface area contributed by atoms with E-state index < -0.39 is 0 Å². The van der Waals surface area contributed by atoms with Gasteiger partial charge in [-0.2, -0.15) is 5.10 Å². The van der Waals surface area contributed by atoms with Crippen molar-refractivity contribution in [1.29, 1.82) is 0 Å². The van der Waals surface area contributed by atoms with Crippen LogP contribution in [0.5, 0.6) is 5.75 Å². The number of nitrogens with zero attached hydrogens (tertiary/aromatic N) is 4. The number of halogens is 1. The number of ether oxygens (including phenoxy) is 1. The standard InChI is InChI=1S/C22H21ClN6O3S/c1-28(2)14-6-4-13(5-7-14)25-19(30)12-33-22-26-20-16(11-24-27-20)21(31)29(22)15-8-9-18(32-3)17(23)10-15/h4-11H,12H2,1-3H3,(H,24,27)(H,25,30). The predicted octanol–water partition coefficient (Wildman–Crippen LogP) is 3.57. The van der Waals surface area contributed by atoms with Gasteiger partial charge in [-0.05, 0) is 42.5 Å². The van der Waals surface area contributed by atoms with Crippen LogP contribution in [-0.4, -0.2) is 52.6 Å². The summed E-state index contributed by atoms with van der Waals surface area (Å²) in [5.74, 6) is 0.307. The first-order valence-corrected chi connectivity index (χ1v) is 11.2. The molecule has 11 heteroatoms. The number of benzene rings is 2. The Labute approximate surface area is 198 Å². The molecular formula is C22H21ClN6O3S. The van der Waals surface area contributed by atoms with Crippen LogP contribution in [0.3, 0.4) is 0 Å². The fraction of sp³-hybridized carbons (Fsp3) is 0.182. The van der Waals surface area contributed by atoms with E-state index in [1.165, 1.54) is 17.9 Å². The van der Waals surface area contributed by atoms with Gasteiger partial charge in [0.2, 0.25) is 5.91 Å².